The highest BCUT2D eigenvalue weighted by molar-refractivity contribution is 9.10. The van der Waals surface area contributed by atoms with Gasteiger partial charge in [0.2, 0.25) is 0 Å². The second kappa shape index (κ2) is 6.41. The number of hydrogen-bond donors (Lipinski definition) is 1. The molecule has 1 atom stereocenters. The van der Waals surface area contributed by atoms with Gasteiger partial charge in [-0.2, -0.15) is 0 Å². The summed E-state index contributed by atoms with van der Waals surface area (Å²) in [5.74, 6) is 0. The van der Waals surface area contributed by atoms with Crippen molar-refractivity contribution >= 4 is 21.6 Å². The van der Waals surface area contributed by atoms with Crippen LogP contribution in [0, 0.1) is 0 Å². The van der Waals surface area contributed by atoms with Crippen molar-refractivity contribution in [2.24, 2.45) is 0 Å². The first-order valence-electron chi connectivity index (χ1n) is 6.21. The van der Waals surface area contributed by atoms with Crippen LogP contribution < -0.4 is 4.90 Å². The Bertz CT molecular complexity index is 363. The predicted octanol–water partition coefficient (Wildman–Crippen LogP) is 4.13. The summed E-state index contributed by atoms with van der Waals surface area (Å²) in [6.45, 7) is 9.37. The van der Waals surface area contributed by atoms with Gasteiger partial charge >= 0.3 is 0 Å². The lowest BCUT2D eigenvalue weighted by molar-refractivity contribution is 0.199. The summed E-state index contributed by atoms with van der Waals surface area (Å²) in [4.78, 5) is 2.34. The fourth-order valence-electron chi connectivity index (χ4n) is 2.02. The fourth-order valence-corrected chi connectivity index (χ4v) is 2.37. The number of halogens is 1. The Kier molecular flexibility index (Phi) is 5.47. The summed E-state index contributed by atoms with van der Waals surface area (Å²) < 4.78 is 1.05. The van der Waals surface area contributed by atoms with Gasteiger partial charge in [0.05, 0.1) is 6.10 Å². The van der Waals surface area contributed by atoms with E-state index in [0.29, 0.717) is 6.04 Å². The number of anilines is 1. The van der Waals surface area contributed by atoms with E-state index in [1.807, 2.05) is 19.1 Å². The lowest BCUT2D eigenvalue weighted by Gasteiger charge is -2.31. The minimum Gasteiger partial charge on any atom is -0.389 e. The molecule has 0 aliphatic carbocycles. The number of benzene rings is 1. The van der Waals surface area contributed by atoms with E-state index >= 15 is 0 Å². The molecule has 3 heteroatoms. The standard InChI is InChI=1S/C14H22BrNO/c1-5-8-16(10(2)3)14-9-12(15)6-7-13(14)11(4)17/h6-7,9-11,17H,5,8H2,1-4H3. The summed E-state index contributed by atoms with van der Waals surface area (Å²) >= 11 is 3.51. The maximum Gasteiger partial charge on any atom is 0.0782 e. The van der Waals surface area contributed by atoms with E-state index in [1.54, 1.807) is 0 Å². The Labute approximate surface area is 113 Å². The van der Waals surface area contributed by atoms with E-state index in [2.05, 4.69) is 47.7 Å². The van der Waals surface area contributed by atoms with Crippen LogP contribution in [-0.2, 0) is 0 Å². The quantitative estimate of drug-likeness (QED) is 0.884. The zero-order chi connectivity index (χ0) is 13.0. The van der Waals surface area contributed by atoms with Gasteiger partial charge in [0, 0.05) is 28.3 Å². The first-order chi connectivity index (χ1) is 7.97. The molecule has 0 radical (unpaired) electrons. The van der Waals surface area contributed by atoms with Gasteiger partial charge in [-0.25, -0.2) is 0 Å². The van der Waals surface area contributed by atoms with Gasteiger partial charge < -0.3 is 10.0 Å². The molecule has 0 heterocycles. The molecule has 96 valence electrons. The van der Waals surface area contributed by atoms with Gasteiger partial charge in [-0.1, -0.05) is 28.9 Å². The highest BCUT2D eigenvalue weighted by Gasteiger charge is 2.16. The molecule has 0 aliphatic heterocycles. The minimum atomic E-state index is -0.434. The number of rotatable bonds is 5. The molecule has 17 heavy (non-hydrogen) atoms. The van der Waals surface area contributed by atoms with Crippen LogP contribution >= 0.6 is 15.9 Å². The van der Waals surface area contributed by atoms with Crippen molar-refractivity contribution in [2.75, 3.05) is 11.4 Å². The molecular weight excluding hydrogens is 278 g/mol. The average Bonchev–Trinajstić information content (AvgIpc) is 2.24. The van der Waals surface area contributed by atoms with Gasteiger partial charge in [0.25, 0.3) is 0 Å². The van der Waals surface area contributed by atoms with Crippen molar-refractivity contribution in [3.63, 3.8) is 0 Å². The molecule has 0 spiro atoms. The first-order valence-corrected chi connectivity index (χ1v) is 7.00. The van der Waals surface area contributed by atoms with Crippen LogP contribution in [0.2, 0.25) is 0 Å². The summed E-state index contributed by atoms with van der Waals surface area (Å²) in [6, 6.07) is 6.50. The summed E-state index contributed by atoms with van der Waals surface area (Å²) in [5, 5.41) is 9.85. The number of aliphatic hydroxyl groups is 1. The van der Waals surface area contributed by atoms with Crippen LogP contribution in [0.3, 0.4) is 0 Å². The van der Waals surface area contributed by atoms with Gasteiger partial charge in [0.15, 0.2) is 0 Å². The molecule has 1 aromatic carbocycles. The zero-order valence-electron chi connectivity index (χ0n) is 11.1. The highest BCUT2D eigenvalue weighted by atomic mass is 79.9. The number of hydrogen-bond acceptors (Lipinski definition) is 2. The highest BCUT2D eigenvalue weighted by Crippen LogP contribution is 2.31. The molecule has 0 aromatic heterocycles. The number of nitrogens with zero attached hydrogens (tertiary/aromatic N) is 1. The maximum atomic E-state index is 9.85. The third-order valence-corrected chi connectivity index (χ3v) is 3.33. The first kappa shape index (κ1) is 14.5. The molecule has 0 fully saturated rings. The van der Waals surface area contributed by atoms with Crippen LogP contribution in [0.25, 0.3) is 0 Å². The Balaban J connectivity index is 3.19. The van der Waals surface area contributed by atoms with Crippen molar-refractivity contribution in [1.29, 1.82) is 0 Å². The normalized spacial score (nSPS) is 12.9. The van der Waals surface area contributed by atoms with Crippen LogP contribution in [0.4, 0.5) is 5.69 Å². The second-order valence-electron chi connectivity index (χ2n) is 4.67. The van der Waals surface area contributed by atoms with Gasteiger partial charge in [-0.05, 0) is 39.3 Å². The predicted molar refractivity (Wildman–Crippen MR) is 77.5 cm³/mol. The van der Waals surface area contributed by atoms with E-state index in [4.69, 9.17) is 0 Å². The molecule has 0 saturated heterocycles. The zero-order valence-corrected chi connectivity index (χ0v) is 12.7. The molecule has 0 saturated carbocycles. The van der Waals surface area contributed by atoms with Crippen LogP contribution in [0.15, 0.2) is 22.7 Å². The van der Waals surface area contributed by atoms with Crippen molar-refractivity contribution in [1.82, 2.24) is 0 Å². The molecule has 0 amide bonds. The van der Waals surface area contributed by atoms with Crippen LogP contribution in [-0.4, -0.2) is 17.7 Å². The lowest BCUT2D eigenvalue weighted by atomic mass is 10.1. The lowest BCUT2D eigenvalue weighted by Crippen LogP contribution is -2.32. The Morgan fingerprint density at radius 2 is 1.94 bits per heavy atom. The largest absolute Gasteiger partial charge is 0.389 e. The van der Waals surface area contributed by atoms with Crippen molar-refractivity contribution in [3.05, 3.63) is 28.2 Å². The molecule has 0 aliphatic rings. The van der Waals surface area contributed by atoms with E-state index in [9.17, 15) is 5.11 Å². The van der Waals surface area contributed by atoms with Crippen LogP contribution in [0.1, 0.15) is 45.8 Å². The van der Waals surface area contributed by atoms with Crippen molar-refractivity contribution < 1.29 is 5.11 Å². The van der Waals surface area contributed by atoms with E-state index < -0.39 is 6.10 Å². The fraction of sp³-hybridized carbons (Fsp3) is 0.571. The molecule has 2 nitrogen and oxygen atoms in total. The number of aliphatic hydroxyl groups excluding tert-OH is 1. The smallest absolute Gasteiger partial charge is 0.0782 e. The van der Waals surface area contributed by atoms with Gasteiger partial charge in [-0.3, -0.25) is 0 Å². The van der Waals surface area contributed by atoms with Gasteiger partial charge in [-0.15, -0.1) is 0 Å². The van der Waals surface area contributed by atoms with Gasteiger partial charge in [0.1, 0.15) is 0 Å². The molecule has 0 bridgehead atoms. The molecule has 1 rings (SSSR count). The Hall–Kier alpha value is -0.540. The maximum absolute atomic E-state index is 9.85. The molecule has 1 unspecified atom stereocenters. The molecular formula is C14H22BrNO. The van der Waals surface area contributed by atoms with Crippen LogP contribution in [0.5, 0.6) is 0 Å². The third kappa shape index (κ3) is 3.71. The summed E-state index contributed by atoms with van der Waals surface area (Å²) in [6.07, 6.45) is 0.667. The van der Waals surface area contributed by atoms with E-state index in [-0.39, 0.29) is 0 Å². The molecule has 1 N–H and O–H groups in total. The molecule has 1 aromatic rings. The minimum absolute atomic E-state index is 0.432. The Morgan fingerprint density at radius 3 is 2.41 bits per heavy atom. The average molecular weight is 300 g/mol. The SMILES string of the molecule is CCCN(c1cc(Br)ccc1C(C)O)C(C)C. The summed E-state index contributed by atoms with van der Waals surface area (Å²) in [7, 11) is 0. The third-order valence-electron chi connectivity index (χ3n) is 2.84. The van der Waals surface area contributed by atoms with E-state index in [0.717, 1.165) is 28.7 Å². The second-order valence-corrected chi connectivity index (χ2v) is 5.58. The Morgan fingerprint density at radius 1 is 1.29 bits per heavy atom. The monoisotopic (exact) mass is 299 g/mol. The van der Waals surface area contributed by atoms with Crippen molar-refractivity contribution in [2.45, 2.75) is 46.3 Å². The van der Waals surface area contributed by atoms with E-state index in [1.165, 1.54) is 0 Å². The van der Waals surface area contributed by atoms with Crippen molar-refractivity contribution in [3.8, 4) is 0 Å². The topological polar surface area (TPSA) is 23.5 Å². The summed E-state index contributed by atoms with van der Waals surface area (Å²) in [5.41, 5.74) is 2.13.